The number of benzene rings is 3. The van der Waals surface area contributed by atoms with Gasteiger partial charge in [-0.15, -0.1) is 0 Å². The van der Waals surface area contributed by atoms with Crippen LogP contribution in [-0.4, -0.2) is 68.3 Å². The average molecular weight is 640 g/mol. The van der Waals surface area contributed by atoms with E-state index in [-0.39, 0.29) is 39.3 Å². The topological polar surface area (TPSA) is 150 Å². The molecule has 1 aliphatic heterocycles. The summed E-state index contributed by atoms with van der Waals surface area (Å²) < 4.78 is 20.9. The van der Waals surface area contributed by atoms with Crippen LogP contribution in [0.2, 0.25) is 5.02 Å². The quantitative estimate of drug-likeness (QED) is 0.220. The normalized spacial score (nSPS) is 13.5. The SMILES string of the molecule is COC(=O)c1cc(NC(=O)CN2C(=O)S/C(=C\c3ccc(OCC(=O)Nc4ccccc4OC)c(OC)c3)C2=O)ccc1Cl. The second-order valence-corrected chi connectivity index (χ2v) is 10.4. The number of halogens is 1. The van der Waals surface area contributed by atoms with Crippen LogP contribution >= 0.6 is 23.4 Å². The van der Waals surface area contributed by atoms with E-state index < -0.39 is 35.5 Å². The Morgan fingerprint density at radius 1 is 0.886 bits per heavy atom. The van der Waals surface area contributed by atoms with Crippen LogP contribution in [0.5, 0.6) is 17.2 Å². The number of amides is 4. The molecule has 4 amide bonds. The fourth-order valence-corrected chi connectivity index (χ4v) is 5.00. The Balaban J connectivity index is 1.39. The number of ether oxygens (including phenoxy) is 4. The molecule has 0 radical (unpaired) electrons. The molecule has 14 heteroatoms. The van der Waals surface area contributed by atoms with Gasteiger partial charge in [0.05, 0.1) is 42.5 Å². The van der Waals surface area contributed by atoms with Gasteiger partial charge >= 0.3 is 5.97 Å². The van der Waals surface area contributed by atoms with Crippen molar-refractivity contribution in [2.75, 3.05) is 45.1 Å². The van der Waals surface area contributed by atoms with Crippen LogP contribution in [0.25, 0.3) is 6.08 Å². The van der Waals surface area contributed by atoms with Gasteiger partial charge in [-0.3, -0.25) is 24.1 Å². The molecule has 0 bridgehead atoms. The van der Waals surface area contributed by atoms with Crippen molar-refractivity contribution in [3.8, 4) is 17.2 Å². The fourth-order valence-electron chi connectivity index (χ4n) is 3.97. The zero-order chi connectivity index (χ0) is 31.8. The molecule has 3 aromatic carbocycles. The predicted octanol–water partition coefficient (Wildman–Crippen LogP) is 4.84. The lowest BCUT2D eigenvalue weighted by atomic mass is 10.2. The Hall–Kier alpha value is -5.01. The number of para-hydroxylation sites is 2. The maximum absolute atomic E-state index is 13.0. The highest BCUT2D eigenvalue weighted by atomic mass is 35.5. The Morgan fingerprint density at radius 3 is 2.36 bits per heavy atom. The third kappa shape index (κ3) is 7.68. The number of anilines is 2. The third-order valence-electron chi connectivity index (χ3n) is 6.06. The van der Waals surface area contributed by atoms with E-state index in [1.165, 1.54) is 45.6 Å². The van der Waals surface area contributed by atoms with Crippen molar-refractivity contribution in [3.63, 3.8) is 0 Å². The highest BCUT2D eigenvalue weighted by Crippen LogP contribution is 2.35. The van der Waals surface area contributed by atoms with Crippen LogP contribution < -0.4 is 24.8 Å². The van der Waals surface area contributed by atoms with Gasteiger partial charge in [-0.2, -0.15) is 0 Å². The summed E-state index contributed by atoms with van der Waals surface area (Å²) in [6.07, 6.45) is 1.48. The zero-order valence-electron chi connectivity index (χ0n) is 23.7. The molecule has 1 heterocycles. The van der Waals surface area contributed by atoms with Crippen LogP contribution in [0.4, 0.5) is 16.2 Å². The van der Waals surface area contributed by atoms with Gasteiger partial charge in [0.25, 0.3) is 17.1 Å². The molecule has 3 aromatic rings. The molecule has 2 N–H and O–H groups in total. The number of rotatable bonds is 11. The average Bonchev–Trinajstić information content (AvgIpc) is 3.28. The van der Waals surface area contributed by atoms with Gasteiger partial charge in [0.15, 0.2) is 18.1 Å². The first-order valence-corrected chi connectivity index (χ1v) is 14.0. The van der Waals surface area contributed by atoms with E-state index in [9.17, 15) is 24.0 Å². The minimum atomic E-state index is -0.687. The van der Waals surface area contributed by atoms with Crippen molar-refractivity contribution in [2.24, 2.45) is 0 Å². The lowest BCUT2D eigenvalue weighted by molar-refractivity contribution is -0.127. The molecular weight excluding hydrogens is 614 g/mol. The molecular formula is C30H26ClN3O9S. The van der Waals surface area contributed by atoms with E-state index >= 15 is 0 Å². The van der Waals surface area contributed by atoms with E-state index in [1.54, 1.807) is 42.5 Å². The first-order valence-electron chi connectivity index (χ1n) is 12.8. The number of nitrogens with zero attached hydrogens (tertiary/aromatic N) is 1. The molecule has 12 nitrogen and oxygen atoms in total. The standard InChI is InChI=1S/C30H26ClN3O9S/c1-40-22-7-5-4-6-21(22)33-27(36)16-43-23-11-8-17(12-24(23)41-2)13-25-28(37)34(30(39)44-25)15-26(35)32-18-9-10-20(31)19(14-18)29(38)42-3/h4-14H,15-16H2,1-3H3,(H,32,35)(H,33,36)/b25-13-. The third-order valence-corrected chi connectivity index (χ3v) is 7.29. The Kier molecular flexibility index (Phi) is 10.5. The number of esters is 1. The lowest BCUT2D eigenvalue weighted by Gasteiger charge is -2.13. The summed E-state index contributed by atoms with van der Waals surface area (Å²) in [7, 11) is 4.11. The minimum Gasteiger partial charge on any atom is -0.495 e. The van der Waals surface area contributed by atoms with Crippen LogP contribution in [0, 0.1) is 0 Å². The molecule has 4 rings (SSSR count). The number of carbonyl (C=O) groups excluding carboxylic acids is 5. The summed E-state index contributed by atoms with van der Waals surface area (Å²) in [5.41, 5.74) is 1.28. The predicted molar refractivity (Wildman–Crippen MR) is 164 cm³/mol. The van der Waals surface area contributed by atoms with Gasteiger partial charge in [-0.25, -0.2) is 4.79 Å². The first kappa shape index (κ1) is 31.9. The molecule has 44 heavy (non-hydrogen) atoms. The highest BCUT2D eigenvalue weighted by Gasteiger charge is 2.36. The van der Waals surface area contributed by atoms with Crippen molar-refractivity contribution in [1.82, 2.24) is 4.90 Å². The van der Waals surface area contributed by atoms with E-state index in [0.717, 1.165) is 4.90 Å². The lowest BCUT2D eigenvalue weighted by Crippen LogP contribution is -2.36. The van der Waals surface area contributed by atoms with Crippen molar-refractivity contribution in [1.29, 1.82) is 0 Å². The molecule has 0 aromatic heterocycles. The van der Waals surface area contributed by atoms with E-state index in [0.29, 0.717) is 28.8 Å². The van der Waals surface area contributed by atoms with Crippen LogP contribution in [-0.2, 0) is 19.1 Å². The second-order valence-electron chi connectivity index (χ2n) is 8.95. The maximum atomic E-state index is 13.0. The van der Waals surface area contributed by atoms with Gasteiger partial charge < -0.3 is 29.6 Å². The molecule has 1 aliphatic rings. The largest absolute Gasteiger partial charge is 0.495 e. The zero-order valence-corrected chi connectivity index (χ0v) is 25.2. The molecule has 0 atom stereocenters. The Labute approximate surface area is 261 Å². The molecule has 0 aliphatic carbocycles. The van der Waals surface area contributed by atoms with Crippen LogP contribution in [0.15, 0.2) is 65.6 Å². The van der Waals surface area contributed by atoms with Crippen molar-refractivity contribution in [3.05, 3.63) is 81.7 Å². The molecule has 0 spiro atoms. The molecule has 1 saturated heterocycles. The van der Waals surface area contributed by atoms with Gasteiger partial charge in [-0.1, -0.05) is 29.8 Å². The molecule has 0 unspecified atom stereocenters. The van der Waals surface area contributed by atoms with Gasteiger partial charge in [0.2, 0.25) is 5.91 Å². The first-order chi connectivity index (χ1) is 21.1. The number of hydrogen-bond acceptors (Lipinski definition) is 10. The Bertz CT molecular complexity index is 1660. The summed E-state index contributed by atoms with van der Waals surface area (Å²) >= 11 is 6.68. The van der Waals surface area contributed by atoms with Gasteiger partial charge in [-0.05, 0) is 65.9 Å². The van der Waals surface area contributed by atoms with E-state index in [1.807, 2.05) is 0 Å². The maximum Gasteiger partial charge on any atom is 0.339 e. The highest BCUT2D eigenvalue weighted by molar-refractivity contribution is 8.18. The fraction of sp³-hybridized carbons (Fsp3) is 0.167. The van der Waals surface area contributed by atoms with Gasteiger partial charge in [0.1, 0.15) is 12.3 Å². The number of thioether (sulfide) groups is 1. The van der Waals surface area contributed by atoms with Crippen molar-refractivity contribution in [2.45, 2.75) is 0 Å². The smallest absolute Gasteiger partial charge is 0.339 e. The van der Waals surface area contributed by atoms with Gasteiger partial charge in [0, 0.05) is 5.69 Å². The van der Waals surface area contributed by atoms with Crippen LogP contribution in [0.3, 0.4) is 0 Å². The van der Waals surface area contributed by atoms with Crippen molar-refractivity contribution < 1.29 is 42.9 Å². The van der Waals surface area contributed by atoms with E-state index in [2.05, 4.69) is 15.4 Å². The molecule has 1 fully saturated rings. The summed E-state index contributed by atoms with van der Waals surface area (Å²) in [4.78, 5) is 63.4. The number of carbonyl (C=O) groups is 5. The summed E-state index contributed by atoms with van der Waals surface area (Å²) in [5, 5.41) is 4.75. The number of methoxy groups -OCH3 is 3. The number of nitrogens with one attached hydrogen (secondary N) is 2. The van der Waals surface area contributed by atoms with Crippen LogP contribution in [0.1, 0.15) is 15.9 Å². The Morgan fingerprint density at radius 2 is 1.64 bits per heavy atom. The minimum absolute atomic E-state index is 0.0454. The van der Waals surface area contributed by atoms with E-state index in [4.69, 9.17) is 25.8 Å². The molecule has 228 valence electrons. The second kappa shape index (κ2) is 14.4. The summed E-state index contributed by atoms with van der Waals surface area (Å²) in [6.45, 7) is -0.861. The molecule has 0 saturated carbocycles. The number of imide groups is 1. The van der Waals surface area contributed by atoms with Crippen molar-refractivity contribution >= 4 is 69.7 Å². The number of hydrogen-bond donors (Lipinski definition) is 2. The summed E-state index contributed by atoms with van der Waals surface area (Å²) in [6, 6.07) is 15.9. The summed E-state index contributed by atoms with van der Waals surface area (Å²) in [5.74, 6) is -1.35. The monoisotopic (exact) mass is 639 g/mol.